The Kier molecular flexibility index (Phi) is 14.8. The molecule has 2 atom stereocenters. The third kappa shape index (κ3) is 12.1. The van der Waals surface area contributed by atoms with Gasteiger partial charge in [0.05, 0.1) is 0 Å². The predicted molar refractivity (Wildman–Crippen MR) is 124 cm³/mol. The van der Waals surface area contributed by atoms with Gasteiger partial charge in [0, 0.05) is 11.8 Å². The molecule has 0 aliphatic rings. The lowest BCUT2D eigenvalue weighted by atomic mass is 10.0. The second-order valence-electron chi connectivity index (χ2n) is 7.56. The van der Waals surface area contributed by atoms with E-state index in [1.807, 2.05) is 42.5 Å². The molecule has 0 saturated heterocycles. The monoisotopic (exact) mass is 411 g/mol. The molecule has 0 N–H and O–H groups in total. The first-order valence-electron chi connectivity index (χ1n) is 11.3. The Morgan fingerprint density at radius 2 is 1.67 bits per heavy atom. The third-order valence-electron chi connectivity index (χ3n) is 4.95. The number of nitrogens with zero attached hydrogens (tertiary/aromatic N) is 3. The summed E-state index contributed by atoms with van der Waals surface area (Å²) >= 11 is 0. The van der Waals surface area contributed by atoms with Crippen LogP contribution in [0.2, 0.25) is 0 Å². The number of ether oxygens (including phenoxy) is 1. The van der Waals surface area contributed by atoms with Crippen LogP contribution in [-0.4, -0.2) is 12.1 Å². The summed E-state index contributed by atoms with van der Waals surface area (Å²) in [6.07, 6.45) is 20.1. The summed E-state index contributed by atoms with van der Waals surface area (Å²) in [6, 6.07) is 8.76. The molecule has 0 heterocycles. The molecule has 0 radical (unpaired) electrons. The molecule has 0 aliphatic heterocycles. The molecule has 1 rings (SSSR count). The minimum absolute atomic E-state index is 0.405. The SMILES string of the molecule is CCCCCCCCCCC/C=C\C=C\[C@@H](OC(C)=O)[C@@H](N=[N+]=[N-])c1ccccc1. The van der Waals surface area contributed by atoms with Crippen molar-refractivity contribution in [3.8, 4) is 0 Å². The number of esters is 1. The molecular weight excluding hydrogens is 374 g/mol. The van der Waals surface area contributed by atoms with Gasteiger partial charge in [-0.3, -0.25) is 4.79 Å². The van der Waals surface area contributed by atoms with Crippen molar-refractivity contribution in [3.05, 3.63) is 70.6 Å². The van der Waals surface area contributed by atoms with Gasteiger partial charge in [0.15, 0.2) is 0 Å². The van der Waals surface area contributed by atoms with E-state index in [4.69, 9.17) is 10.3 Å². The number of benzene rings is 1. The number of carbonyl (C=O) groups is 1. The summed E-state index contributed by atoms with van der Waals surface area (Å²) in [4.78, 5) is 14.5. The number of unbranched alkanes of at least 4 members (excludes halogenated alkanes) is 9. The van der Waals surface area contributed by atoms with Crippen molar-refractivity contribution < 1.29 is 9.53 Å². The van der Waals surface area contributed by atoms with Crippen LogP contribution >= 0.6 is 0 Å². The molecule has 0 unspecified atom stereocenters. The van der Waals surface area contributed by atoms with E-state index in [2.05, 4.69) is 23.0 Å². The lowest BCUT2D eigenvalue weighted by molar-refractivity contribution is -0.145. The minimum atomic E-state index is -0.641. The standard InChI is InChI=1S/C25H37N3O2/c1-3-4-5-6-7-8-9-10-11-12-13-14-18-21-24(30-22(2)29)25(27-28-26)23-19-16-15-17-20-23/h13-21,24-25H,3-12H2,1-2H3/b14-13-,21-18+/t24-,25+/m1/s1. The lowest BCUT2D eigenvalue weighted by Crippen LogP contribution is -2.21. The van der Waals surface area contributed by atoms with Crippen molar-refractivity contribution in [1.29, 1.82) is 0 Å². The van der Waals surface area contributed by atoms with Crippen molar-refractivity contribution in [2.75, 3.05) is 0 Å². The lowest BCUT2D eigenvalue weighted by Gasteiger charge is -2.20. The molecule has 5 nitrogen and oxygen atoms in total. The second kappa shape index (κ2) is 17.3. The number of rotatable bonds is 16. The van der Waals surface area contributed by atoms with Gasteiger partial charge in [-0.25, -0.2) is 0 Å². The van der Waals surface area contributed by atoms with Crippen molar-refractivity contribution in [1.82, 2.24) is 0 Å². The van der Waals surface area contributed by atoms with E-state index in [9.17, 15) is 4.79 Å². The van der Waals surface area contributed by atoms with Crippen LogP contribution < -0.4 is 0 Å². The molecular formula is C25H37N3O2. The Bertz CT molecular complexity index is 679. The van der Waals surface area contributed by atoms with Gasteiger partial charge in [-0.05, 0) is 30.0 Å². The zero-order valence-electron chi connectivity index (χ0n) is 18.6. The summed E-state index contributed by atoms with van der Waals surface area (Å²) in [5.74, 6) is -0.405. The largest absolute Gasteiger partial charge is 0.458 e. The first kappa shape index (κ1) is 25.5. The maximum atomic E-state index is 11.5. The molecule has 0 fully saturated rings. The summed E-state index contributed by atoms with van der Waals surface area (Å²) in [5, 5.41) is 3.86. The molecule has 5 heteroatoms. The van der Waals surface area contributed by atoms with E-state index < -0.39 is 18.1 Å². The highest BCUT2D eigenvalue weighted by Gasteiger charge is 2.22. The molecule has 0 amide bonds. The average molecular weight is 412 g/mol. The Balaban J connectivity index is 2.43. The minimum Gasteiger partial charge on any atom is -0.458 e. The van der Waals surface area contributed by atoms with Gasteiger partial charge in [-0.1, -0.05) is 112 Å². The second-order valence-corrected chi connectivity index (χ2v) is 7.56. The van der Waals surface area contributed by atoms with Gasteiger partial charge in [0.2, 0.25) is 0 Å². The maximum absolute atomic E-state index is 11.5. The van der Waals surface area contributed by atoms with E-state index in [1.165, 1.54) is 64.7 Å². The average Bonchev–Trinajstić information content (AvgIpc) is 2.75. The van der Waals surface area contributed by atoms with Crippen molar-refractivity contribution in [2.24, 2.45) is 5.11 Å². The summed E-state index contributed by atoms with van der Waals surface area (Å²) < 4.78 is 5.40. The Morgan fingerprint density at radius 1 is 1.03 bits per heavy atom. The molecule has 0 aliphatic carbocycles. The van der Waals surface area contributed by atoms with Crippen LogP contribution in [0.1, 0.15) is 89.7 Å². The number of hydrogen-bond acceptors (Lipinski definition) is 3. The molecule has 0 aromatic heterocycles. The fraction of sp³-hybridized carbons (Fsp3) is 0.560. The van der Waals surface area contributed by atoms with Crippen LogP contribution in [0.4, 0.5) is 0 Å². The molecule has 164 valence electrons. The topological polar surface area (TPSA) is 75.1 Å². The van der Waals surface area contributed by atoms with Gasteiger partial charge in [0.25, 0.3) is 0 Å². The Labute approximate surface area is 181 Å². The van der Waals surface area contributed by atoms with Gasteiger partial charge in [0.1, 0.15) is 12.1 Å². The van der Waals surface area contributed by atoms with Crippen molar-refractivity contribution in [3.63, 3.8) is 0 Å². The summed E-state index contributed by atoms with van der Waals surface area (Å²) in [7, 11) is 0. The molecule has 0 bridgehead atoms. The molecule has 1 aromatic rings. The number of carbonyl (C=O) groups excluding carboxylic acids is 1. The maximum Gasteiger partial charge on any atom is 0.303 e. The first-order valence-corrected chi connectivity index (χ1v) is 11.3. The highest BCUT2D eigenvalue weighted by Crippen LogP contribution is 2.25. The van der Waals surface area contributed by atoms with Crippen LogP contribution in [-0.2, 0) is 9.53 Å². The van der Waals surface area contributed by atoms with Gasteiger partial charge < -0.3 is 4.74 Å². The Morgan fingerprint density at radius 3 is 2.27 bits per heavy atom. The van der Waals surface area contributed by atoms with E-state index >= 15 is 0 Å². The zero-order valence-corrected chi connectivity index (χ0v) is 18.6. The number of hydrogen-bond donors (Lipinski definition) is 0. The third-order valence-corrected chi connectivity index (χ3v) is 4.95. The molecule has 0 spiro atoms. The summed E-state index contributed by atoms with van der Waals surface area (Å²) in [5.41, 5.74) is 9.75. The van der Waals surface area contributed by atoms with Gasteiger partial charge in [-0.2, -0.15) is 0 Å². The van der Waals surface area contributed by atoms with E-state index in [-0.39, 0.29) is 0 Å². The highest BCUT2D eigenvalue weighted by atomic mass is 16.5. The Hall–Kier alpha value is -2.52. The quantitative estimate of drug-likeness (QED) is 0.0690. The smallest absolute Gasteiger partial charge is 0.303 e. The van der Waals surface area contributed by atoms with Crippen LogP contribution in [0.25, 0.3) is 10.4 Å². The summed E-state index contributed by atoms with van der Waals surface area (Å²) in [6.45, 7) is 3.61. The first-order chi connectivity index (χ1) is 14.7. The fourth-order valence-corrected chi connectivity index (χ4v) is 3.35. The van der Waals surface area contributed by atoms with Crippen LogP contribution in [0.5, 0.6) is 0 Å². The molecule has 30 heavy (non-hydrogen) atoms. The molecule has 1 aromatic carbocycles. The number of allylic oxidation sites excluding steroid dienone is 3. The normalized spacial score (nSPS) is 13.3. The van der Waals surface area contributed by atoms with E-state index in [1.54, 1.807) is 6.08 Å². The van der Waals surface area contributed by atoms with E-state index in [0.717, 1.165) is 12.0 Å². The van der Waals surface area contributed by atoms with Crippen LogP contribution in [0, 0.1) is 0 Å². The van der Waals surface area contributed by atoms with E-state index in [0.29, 0.717) is 0 Å². The fourth-order valence-electron chi connectivity index (χ4n) is 3.35. The predicted octanol–water partition coefficient (Wildman–Crippen LogP) is 8.00. The van der Waals surface area contributed by atoms with Crippen molar-refractivity contribution in [2.45, 2.75) is 90.2 Å². The number of azide groups is 1. The highest BCUT2D eigenvalue weighted by molar-refractivity contribution is 5.66. The van der Waals surface area contributed by atoms with Crippen molar-refractivity contribution >= 4 is 5.97 Å². The van der Waals surface area contributed by atoms with Crippen LogP contribution in [0.3, 0.4) is 0 Å². The molecule has 0 saturated carbocycles. The van der Waals surface area contributed by atoms with Gasteiger partial charge >= 0.3 is 5.97 Å². The van der Waals surface area contributed by atoms with Crippen LogP contribution in [0.15, 0.2) is 59.8 Å². The zero-order chi connectivity index (χ0) is 21.9. The van der Waals surface area contributed by atoms with Gasteiger partial charge in [-0.15, -0.1) is 0 Å².